The van der Waals surface area contributed by atoms with Gasteiger partial charge in [-0.25, -0.2) is 4.98 Å². The molecule has 1 aromatic rings. The third-order valence-electron chi connectivity index (χ3n) is 2.92. The zero-order chi connectivity index (χ0) is 10.5. The molecule has 1 atom stereocenters. The van der Waals surface area contributed by atoms with Crippen molar-refractivity contribution in [2.75, 3.05) is 24.5 Å². The molecular formula is C11H19N3S. The maximum Gasteiger partial charge on any atom is 0.185 e. The number of likely N-dealkylation sites (N-methyl/N-ethyl adjacent to an activating group) is 1. The highest BCUT2D eigenvalue weighted by atomic mass is 32.1. The van der Waals surface area contributed by atoms with Crippen LogP contribution in [0.4, 0.5) is 5.13 Å². The van der Waals surface area contributed by atoms with Gasteiger partial charge >= 0.3 is 0 Å². The SMILES string of the molecule is CCNCC1CCCCN1c1nccs1. The molecule has 0 spiro atoms. The number of hydrogen-bond acceptors (Lipinski definition) is 4. The van der Waals surface area contributed by atoms with E-state index in [2.05, 4.69) is 27.5 Å². The van der Waals surface area contributed by atoms with Gasteiger partial charge in [-0.15, -0.1) is 11.3 Å². The first kappa shape index (κ1) is 10.9. The second-order valence-corrected chi connectivity index (χ2v) is 4.84. The van der Waals surface area contributed by atoms with E-state index in [0.717, 1.165) is 13.1 Å². The summed E-state index contributed by atoms with van der Waals surface area (Å²) in [5, 5.41) is 6.70. The van der Waals surface area contributed by atoms with Gasteiger partial charge in [0.1, 0.15) is 0 Å². The van der Waals surface area contributed by atoms with Gasteiger partial charge in [-0.1, -0.05) is 6.92 Å². The monoisotopic (exact) mass is 225 g/mol. The van der Waals surface area contributed by atoms with Gasteiger partial charge in [0.05, 0.1) is 0 Å². The smallest absolute Gasteiger partial charge is 0.185 e. The normalized spacial score (nSPS) is 21.9. The van der Waals surface area contributed by atoms with Gasteiger partial charge in [-0.05, 0) is 25.8 Å². The molecule has 1 aromatic heterocycles. The summed E-state index contributed by atoms with van der Waals surface area (Å²) < 4.78 is 0. The van der Waals surface area contributed by atoms with Crippen LogP contribution in [0.25, 0.3) is 0 Å². The average Bonchev–Trinajstić information content (AvgIpc) is 2.80. The van der Waals surface area contributed by atoms with Crippen molar-refractivity contribution in [3.63, 3.8) is 0 Å². The quantitative estimate of drug-likeness (QED) is 0.850. The second kappa shape index (κ2) is 5.47. The Morgan fingerprint density at radius 3 is 3.27 bits per heavy atom. The standard InChI is InChI=1S/C11H19N3S/c1-2-12-9-10-5-3-4-7-14(10)11-13-6-8-15-11/h6,8,10,12H,2-5,7,9H2,1H3. The molecule has 1 fully saturated rings. The van der Waals surface area contributed by atoms with E-state index in [4.69, 9.17) is 0 Å². The summed E-state index contributed by atoms with van der Waals surface area (Å²) in [5.74, 6) is 0. The minimum absolute atomic E-state index is 0.643. The largest absolute Gasteiger partial charge is 0.344 e. The molecule has 1 aliphatic heterocycles. The van der Waals surface area contributed by atoms with E-state index in [9.17, 15) is 0 Å². The topological polar surface area (TPSA) is 28.2 Å². The Hall–Kier alpha value is -0.610. The van der Waals surface area contributed by atoms with Crippen LogP contribution in [0, 0.1) is 0 Å². The lowest BCUT2D eigenvalue weighted by molar-refractivity contribution is 0.439. The molecule has 0 saturated carbocycles. The average molecular weight is 225 g/mol. The van der Waals surface area contributed by atoms with E-state index in [1.54, 1.807) is 11.3 Å². The van der Waals surface area contributed by atoms with Crippen LogP contribution < -0.4 is 10.2 Å². The fourth-order valence-corrected chi connectivity index (χ4v) is 2.87. The van der Waals surface area contributed by atoms with Gasteiger partial charge in [0.15, 0.2) is 5.13 Å². The zero-order valence-electron chi connectivity index (χ0n) is 9.28. The Kier molecular flexibility index (Phi) is 3.97. The molecule has 1 unspecified atom stereocenters. The fraction of sp³-hybridized carbons (Fsp3) is 0.727. The van der Waals surface area contributed by atoms with Crippen LogP contribution in [0.2, 0.25) is 0 Å². The van der Waals surface area contributed by atoms with Crippen LogP contribution >= 0.6 is 11.3 Å². The van der Waals surface area contributed by atoms with Crippen molar-refractivity contribution in [1.29, 1.82) is 0 Å². The Morgan fingerprint density at radius 2 is 2.53 bits per heavy atom. The van der Waals surface area contributed by atoms with Gasteiger partial charge in [0.25, 0.3) is 0 Å². The summed E-state index contributed by atoms with van der Waals surface area (Å²) in [5.41, 5.74) is 0. The van der Waals surface area contributed by atoms with Gasteiger partial charge in [0, 0.05) is 30.7 Å². The number of nitrogens with zero attached hydrogens (tertiary/aromatic N) is 2. The zero-order valence-corrected chi connectivity index (χ0v) is 10.1. The van der Waals surface area contributed by atoms with Crippen molar-refractivity contribution in [2.45, 2.75) is 32.2 Å². The fourth-order valence-electron chi connectivity index (χ4n) is 2.13. The van der Waals surface area contributed by atoms with Crippen molar-refractivity contribution in [2.24, 2.45) is 0 Å². The molecule has 0 radical (unpaired) electrons. The van der Waals surface area contributed by atoms with E-state index in [1.807, 2.05) is 6.20 Å². The van der Waals surface area contributed by atoms with Crippen molar-refractivity contribution in [3.05, 3.63) is 11.6 Å². The number of hydrogen-bond donors (Lipinski definition) is 1. The summed E-state index contributed by atoms with van der Waals surface area (Å²) in [6.45, 7) is 5.48. The maximum atomic E-state index is 4.41. The van der Waals surface area contributed by atoms with E-state index < -0.39 is 0 Å². The van der Waals surface area contributed by atoms with Crippen LogP contribution in [0.1, 0.15) is 26.2 Å². The number of aromatic nitrogens is 1. The first-order chi connectivity index (χ1) is 7.42. The molecule has 2 rings (SSSR count). The highest BCUT2D eigenvalue weighted by molar-refractivity contribution is 7.13. The highest BCUT2D eigenvalue weighted by Gasteiger charge is 2.23. The number of nitrogens with one attached hydrogen (secondary N) is 1. The van der Waals surface area contributed by atoms with Crippen LogP contribution in [-0.2, 0) is 0 Å². The molecule has 0 bridgehead atoms. The molecule has 15 heavy (non-hydrogen) atoms. The minimum Gasteiger partial charge on any atom is -0.344 e. The van der Waals surface area contributed by atoms with Crippen molar-refractivity contribution >= 4 is 16.5 Å². The molecule has 4 heteroatoms. The summed E-state index contributed by atoms with van der Waals surface area (Å²) in [4.78, 5) is 6.88. The Labute approximate surface area is 95.5 Å². The summed E-state index contributed by atoms with van der Waals surface area (Å²) in [7, 11) is 0. The predicted octanol–water partition coefficient (Wildman–Crippen LogP) is 2.11. The lowest BCUT2D eigenvalue weighted by atomic mass is 10.0. The lowest BCUT2D eigenvalue weighted by Crippen LogP contribution is -2.45. The van der Waals surface area contributed by atoms with Gasteiger partial charge in [-0.2, -0.15) is 0 Å². The Morgan fingerprint density at radius 1 is 1.60 bits per heavy atom. The van der Waals surface area contributed by atoms with Crippen LogP contribution in [0.15, 0.2) is 11.6 Å². The van der Waals surface area contributed by atoms with E-state index >= 15 is 0 Å². The number of piperidine rings is 1. The second-order valence-electron chi connectivity index (χ2n) is 3.97. The minimum atomic E-state index is 0.643. The highest BCUT2D eigenvalue weighted by Crippen LogP contribution is 2.25. The Balaban J connectivity index is 1.99. The molecule has 1 saturated heterocycles. The van der Waals surface area contributed by atoms with Gasteiger partial charge < -0.3 is 10.2 Å². The van der Waals surface area contributed by atoms with E-state index in [-0.39, 0.29) is 0 Å². The van der Waals surface area contributed by atoms with Gasteiger partial charge in [-0.3, -0.25) is 0 Å². The van der Waals surface area contributed by atoms with Crippen LogP contribution in [0.5, 0.6) is 0 Å². The van der Waals surface area contributed by atoms with E-state index in [0.29, 0.717) is 6.04 Å². The third-order valence-corrected chi connectivity index (χ3v) is 3.73. The summed E-state index contributed by atoms with van der Waals surface area (Å²) >= 11 is 1.75. The first-order valence-electron chi connectivity index (χ1n) is 5.78. The van der Waals surface area contributed by atoms with E-state index in [1.165, 1.54) is 30.9 Å². The van der Waals surface area contributed by atoms with Crippen molar-refractivity contribution < 1.29 is 0 Å². The van der Waals surface area contributed by atoms with Crippen LogP contribution in [0.3, 0.4) is 0 Å². The number of anilines is 1. The van der Waals surface area contributed by atoms with Gasteiger partial charge in [0.2, 0.25) is 0 Å². The molecule has 0 aliphatic carbocycles. The third kappa shape index (κ3) is 2.69. The molecule has 84 valence electrons. The molecule has 0 amide bonds. The van der Waals surface area contributed by atoms with Crippen LogP contribution in [-0.4, -0.2) is 30.7 Å². The van der Waals surface area contributed by atoms with Crippen molar-refractivity contribution in [1.82, 2.24) is 10.3 Å². The number of rotatable bonds is 4. The summed E-state index contributed by atoms with van der Waals surface area (Å²) in [6, 6.07) is 0.643. The molecular weight excluding hydrogens is 206 g/mol. The number of thiazole rings is 1. The maximum absolute atomic E-state index is 4.41. The Bertz CT molecular complexity index is 273. The lowest BCUT2D eigenvalue weighted by Gasteiger charge is -2.35. The molecule has 1 N–H and O–H groups in total. The van der Waals surface area contributed by atoms with Crippen molar-refractivity contribution in [3.8, 4) is 0 Å². The predicted molar refractivity (Wildman–Crippen MR) is 65.6 cm³/mol. The first-order valence-corrected chi connectivity index (χ1v) is 6.66. The molecule has 3 nitrogen and oxygen atoms in total. The molecule has 1 aliphatic rings. The molecule has 2 heterocycles. The molecule has 0 aromatic carbocycles. The summed E-state index contributed by atoms with van der Waals surface area (Å²) in [6.07, 6.45) is 5.87.